The van der Waals surface area contributed by atoms with Crippen molar-refractivity contribution < 1.29 is 13.9 Å². The van der Waals surface area contributed by atoms with E-state index in [2.05, 4.69) is 10.1 Å². The van der Waals surface area contributed by atoms with Crippen LogP contribution in [-0.4, -0.2) is 27.8 Å². The van der Waals surface area contributed by atoms with E-state index >= 15 is 0 Å². The number of hydrogen-bond donors (Lipinski definition) is 0. The summed E-state index contributed by atoms with van der Waals surface area (Å²) in [4.78, 5) is 18.9. The van der Waals surface area contributed by atoms with Crippen molar-refractivity contribution in [3.8, 4) is 5.75 Å². The average molecular weight is 380 g/mol. The Bertz CT molecular complexity index is 969. The summed E-state index contributed by atoms with van der Waals surface area (Å²) in [5, 5.41) is 4.36. The van der Waals surface area contributed by atoms with Gasteiger partial charge in [0, 0.05) is 6.42 Å². The highest BCUT2D eigenvalue weighted by atomic mass is 19.1. The molecule has 1 aliphatic rings. The molecule has 2 atom stereocenters. The molecular weight excluding hydrogens is 359 g/mol. The average Bonchev–Trinajstić information content (AvgIpc) is 3.22. The van der Waals surface area contributed by atoms with E-state index in [1.807, 2.05) is 31.2 Å². The van der Waals surface area contributed by atoms with Gasteiger partial charge in [0.15, 0.2) is 0 Å². The number of methoxy groups -OCH3 is 1. The molecule has 28 heavy (non-hydrogen) atoms. The van der Waals surface area contributed by atoms with Crippen LogP contribution in [0.2, 0.25) is 0 Å². The van der Waals surface area contributed by atoms with Gasteiger partial charge in [-0.15, -0.1) is 0 Å². The van der Waals surface area contributed by atoms with Gasteiger partial charge in [-0.25, -0.2) is 9.07 Å². The maximum absolute atomic E-state index is 13.4. The number of fused-ring (bicyclic) bond motifs is 1. The first-order valence-electron chi connectivity index (χ1n) is 9.23. The molecule has 0 fully saturated rings. The lowest BCUT2D eigenvalue weighted by Crippen LogP contribution is -2.42. The molecule has 0 saturated heterocycles. The van der Waals surface area contributed by atoms with Gasteiger partial charge in [0.25, 0.3) is 0 Å². The number of carbonyl (C=O) groups is 1. The third kappa shape index (κ3) is 3.13. The van der Waals surface area contributed by atoms with Crippen molar-refractivity contribution in [3.63, 3.8) is 0 Å². The fourth-order valence-electron chi connectivity index (χ4n) is 3.72. The minimum atomic E-state index is -0.284. The van der Waals surface area contributed by atoms with Gasteiger partial charge in [-0.2, -0.15) is 10.1 Å². The second kappa shape index (κ2) is 7.42. The van der Waals surface area contributed by atoms with E-state index in [-0.39, 0.29) is 23.8 Å². The number of anilines is 1. The van der Waals surface area contributed by atoms with Gasteiger partial charge in [-0.3, -0.25) is 9.69 Å². The van der Waals surface area contributed by atoms with Gasteiger partial charge >= 0.3 is 0 Å². The lowest BCUT2D eigenvalue weighted by molar-refractivity contribution is -0.119. The number of rotatable bonds is 4. The monoisotopic (exact) mass is 380 g/mol. The number of amides is 1. The van der Waals surface area contributed by atoms with E-state index in [1.54, 1.807) is 28.8 Å². The molecule has 0 spiro atoms. The van der Waals surface area contributed by atoms with Gasteiger partial charge in [0.05, 0.1) is 19.2 Å². The fourth-order valence-corrected chi connectivity index (χ4v) is 3.72. The molecule has 0 N–H and O–H groups in total. The summed E-state index contributed by atoms with van der Waals surface area (Å²) in [7, 11) is 1.62. The van der Waals surface area contributed by atoms with Crippen LogP contribution >= 0.6 is 0 Å². The summed E-state index contributed by atoms with van der Waals surface area (Å²) >= 11 is 0. The number of hydrogen-bond acceptors (Lipinski definition) is 4. The summed E-state index contributed by atoms with van der Waals surface area (Å²) in [5.74, 6) is 0.958. The standard InChI is InChI=1S/C21H21FN4O2/c1-3-20(27)25-18(14-6-10-17(28-2)11-7-14)12-19(26-21(25)23-13-24-26)15-4-8-16(22)9-5-15/h4-11,13,18-19H,3,12H2,1-2H3/t18-,19+/m1/s1. The minimum Gasteiger partial charge on any atom is -0.497 e. The maximum Gasteiger partial charge on any atom is 0.231 e. The molecular formula is C21H21FN4O2. The molecule has 1 amide bonds. The maximum atomic E-state index is 13.4. The number of aromatic nitrogens is 3. The van der Waals surface area contributed by atoms with Gasteiger partial charge < -0.3 is 4.74 Å². The molecule has 6 nitrogen and oxygen atoms in total. The first kappa shape index (κ1) is 18.2. The van der Waals surface area contributed by atoms with E-state index in [1.165, 1.54) is 18.5 Å². The van der Waals surface area contributed by atoms with Crippen molar-refractivity contribution in [2.75, 3.05) is 12.0 Å². The smallest absolute Gasteiger partial charge is 0.231 e. The molecule has 1 aromatic heterocycles. The summed E-state index contributed by atoms with van der Waals surface area (Å²) in [6.45, 7) is 1.83. The number of halogens is 1. The molecule has 144 valence electrons. The van der Waals surface area contributed by atoms with Crippen molar-refractivity contribution >= 4 is 11.9 Å². The van der Waals surface area contributed by atoms with Crippen LogP contribution in [-0.2, 0) is 4.79 Å². The third-order valence-corrected chi connectivity index (χ3v) is 5.15. The molecule has 0 radical (unpaired) electrons. The highest BCUT2D eigenvalue weighted by molar-refractivity contribution is 5.92. The Labute approximate surface area is 162 Å². The Hall–Kier alpha value is -3.22. The van der Waals surface area contributed by atoms with Crippen LogP contribution < -0.4 is 9.64 Å². The molecule has 4 rings (SSSR count). The van der Waals surface area contributed by atoms with Crippen LogP contribution in [0.4, 0.5) is 10.3 Å². The van der Waals surface area contributed by atoms with Gasteiger partial charge in [0.2, 0.25) is 11.9 Å². The topological polar surface area (TPSA) is 60.2 Å². The second-order valence-corrected chi connectivity index (χ2v) is 6.71. The largest absolute Gasteiger partial charge is 0.497 e. The first-order chi connectivity index (χ1) is 13.6. The summed E-state index contributed by atoms with van der Waals surface area (Å²) in [5.41, 5.74) is 1.92. The van der Waals surface area contributed by atoms with Crippen molar-refractivity contribution in [2.45, 2.75) is 31.8 Å². The molecule has 7 heteroatoms. The van der Waals surface area contributed by atoms with E-state index in [4.69, 9.17) is 4.74 Å². The fraction of sp³-hybridized carbons (Fsp3) is 0.286. The summed E-state index contributed by atoms with van der Waals surface area (Å²) in [6, 6.07) is 13.8. The van der Waals surface area contributed by atoms with Gasteiger partial charge in [-0.05, 0) is 41.8 Å². The zero-order valence-corrected chi connectivity index (χ0v) is 15.7. The lowest BCUT2D eigenvalue weighted by Gasteiger charge is -2.39. The normalized spacial score (nSPS) is 18.6. The van der Waals surface area contributed by atoms with Crippen LogP contribution in [0.5, 0.6) is 5.75 Å². The van der Waals surface area contributed by atoms with E-state index in [0.717, 1.165) is 16.9 Å². The Morgan fingerprint density at radius 1 is 1.11 bits per heavy atom. The Balaban J connectivity index is 1.81. The summed E-state index contributed by atoms with van der Waals surface area (Å²) in [6.07, 6.45) is 2.43. The minimum absolute atomic E-state index is 0.0207. The third-order valence-electron chi connectivity index (χ3n) is 5.15. The Morgan fingerprint density at radius 2 is 1.75 bits per heavy atom. The van der Waals surface area contributed by atoms with Crippen LogP contribution in [0, 0.1) is 5.82 Å². The molecule has 0 unspecified atom stereocenters. The highest BCUT2D eigenvalue weighted by Gasteiger charge is 2.38. The van der Waals surface area contributed by atoms with Crippen molar-refractivity contribution in [1.29, 1.82) is 0 Å². The number of nitrogens with zero attached hydrogens (tertiary/aromatic N) is 4. The molecule has 0 aliphatic carbocycles. The predicted molar refractivity (Wildman–Crippen MR) is 103 cm³/mol. The number of carbonyl (C=O) groups excluding carboxylic acids is 1. The number of ether oxygens (including phenoxy) is 1. The van der Waals surface area contributed by atoms with Crippen molar-refractivity contribution in [3.05, 3.63) is 71.8 Å². The van der Waals surface area contributed by atoms with Crippen LogP contribution in [0.15, 0.2) is 54.9 Å². The zero-order chi connectivity index (χ0) is 19.7. The highest BCUT2D eigenvalue weighted by Crippen LogP contribution is 2.42. The van der Waals surface area contributed by atoms with Crippen molar-refractivity contribution in [2.24, 2.45) is 0 Å². The van der Waals surface area contributed by atoms with E-state index in [9.17, 15) is 9.18 Å². The van der Waals surface area contributed by atoms with E-state index in [0.29, 0.717) is 18.8 Å². The predicted octanol–water partition coefficient (Wildman–Crippen LogP) is 3.90. The number of benzene rings is 2. The molecule has 3 aromatic rings. The van der Waals surface area contributed by atoms with E-state index < -0.39 is 0 Å². The Kier molecular flexibility index (Phi) is 4.81. The van der Waals surface area contributed by atoms with Crippen LogP contribution in [0.1, 0.15) is 43.0 Å². The quantitative estimate of drug-likeness (QED) is 0.689. The van der Waals surface area contributed by atoms with Gasteiger partial charge in [0.1, 0.15) is 17.9 Å². The molecule has 1 aliphatic heterocycles. The van der Waals surface area contributed by atoms with Crippen LogP contribution in [0.25, 0.3) is 0 Å². The van der Waals surface area contributed by atoms with Crippen molar-refractivity contribution in [1.82, 2.24) is 14.8 Å². The molecule has 2 aromatic carbocycles. The van der Waals surface area contributed by atoms with Crippen LogP contribution in [0.3, 0.4) is 0 Å². The lowest BCUT2D eigenvalue weighted by atomic mass is 9.91. The first-order valence-corrected chi connectivity index (χ1v) is 9.23. The molecule has 0 bridgehead atoms. The van der Waals surface area contributed by atoms with Gasteiger partial charge in [-0.1, -0.05) is 31.2 Å². The molecule has 0 saturated carbocycles. The summed E-state index contributed by atoms with van der Waals surface area (Å²) < 4.78 is 20.4. The SMILES string of the molecule is CCC(=O)N1c2ncnn2[C@H](c2ccc(F)cc2)C[C@@H]1c1ccc(OC)cc1. The zero-order valence-electron chi connectivity index (χ0n) is 15.7. The second-order valence-electron chi connectivity index (χ2n) is 6.71. The Morgan fingerprint density at radius 3 is 2.39 bits per heavy atom. The molecule has 2 heterocycles.